The normalized spacial score (nSPS) is 10.9. The molecule has 0 spiro atoms. The Bertz CT molecular complexity index is 1020. The van der Waals surface area contributed by atoms with Crippen molar-refractivity contribution in [2.24, 2.45) is 0 Å². The predicted molar refractivity (Wildman–Crippen MR) is 117 cm³/mol. The number of benzene rings is 2. The van der Waals surface area contributed by atoms with Crippen LogP contribution in [-0.2, 0) is 11.2 Å². The number of nitrogens with one attached hydrogen (secondary N) is 1. The molecule has 3 rings (SSSR count). The van der Waals surface area contributed by atoms with Gasteiger partial charge in [-0.2, -0.15) is 0 Å². The number of ether oxygens (including phenoxy) is 2. The van der Waals surface area contributed by atoms with Crippen LogP contribution in [0.3, 0.4) is 0 Å². The van der Waals surface area contributed by atoms with Crippen molar-refractivity contribution in [1.82, 2.24) is 0 Å². The summed E-state index contributed by atoms with van der Waals surface area (Å²) in [6.45, 7) is 7.94. The molecule has 29 heavy (non-hydrogen) atoms. The van der Waals surface area contributed by atoms with Gasteiger partial charge in [-0.15, -0.1) is 11.3 Å². The molecule has 2 aromatic carbocycles. The molecule has 0 saturated carbocycles. The van der Waals surface area contributed by atoms with E-state index in [-0.39, 0.29) is 12.0 Å². The Morgan fingerprint density at radius 1 is 1.10 bits per heavy atom. The Hall–Kier alpha value is -2.86. The van der Waals surface area contributed by atoms with E-state index in [2.05, 4.69) is 5.32 Å². The molecule has 1 aromatic heterocycles. The number of amides is 1. The number of thiophene rings is 1. The van der Waals surface area contributed by atoms with Gasteiger partial charge in [-0.1, -0.05) is 25.1 Å². The molecule has 0 atom stereocenters. The van der Waals surface area contributed by atoms with Crippen LogP contribution in [0.1, 0.15) is 53.3 Å². The Labute approximate surface area is 174 Å². The fourth-order valence-electron chi connectivity index (χ4n) is 3.04. The standard InChI is InChI=1S/C23H25NO4S/c1-5-15-12-19-17(13-18(15)24-22(25)16-10-8-7-9-11-16)20(28-14(3)4)21(29-19)23(26)27-6-2/h7-14H,5-6H2,1-4H3,(H,24,25). The summed E-state index contributed by atoms with van der Waals surface area (Å²) in [6, 6.07) is 13.0. The maximum absolute atomic E-state index is 12.7. The highest BCUT2D eigenvalue weighted by Gasteiger charge is 2.23. The van der Waals surface area contributed by atoms with Gasteiger partial charge in [0.15, 0.2) is 10.6 Å². The molecule has 1 heterocycles. The summed E-state index contributed by atoms with van der Waals surface area (Å²) in [6.07, 6.45) is 0.641. The Kier molecular flexibility index (Phi) is 6.54. The van der Waals surface area contributed by atoms with Crippen LogP contribution in [0.5, 0.6) is 5.75 Å². The largest absolute Gasteiger partial charge is 0.489 e. The number of carbonyl (C=O) groups is 2. The molecule has 0 bridgehead atoms. The summed E-state index contributed by atoms with van der Waals surface area (Å²) in [5.74, 6) is -0.0552. The van der Waals surface area contributed by atoms with Gasteiger partial charge in [0.05, 0.1) is 12.7 Å². The van der Waals surface area contributed by atoms with E-state index in [9.17, 15) is 9.59 Å². The van der Waals surface area contributed by atoms with E-state index in [4.69, 9.17) is 9.47 Å². The van der Waals surface area contributed by atoms with Crippen LogP contribution in [0, 0.1) is 0 Å². The highest BCUT2D eigenvalue weighted by Crippen LogP contribution is 2.41. The number of hydrogen-bond donors (Lipinski definition) is 1. The van der Waals surface area contributed by atoms with Gasteiger partial charge in [0.2, 0.25) is 0 Å². The number of aryl methyl sites for hydroxylation is 1. The lowest BCUT2D eigenvalue weighted by molar-refractivity contribution is 0.0526. The number of fused-ring (bicyclic) bond motifs is 1. The average molecular weight is 412 g/mol. The molecule has 1 N–H and O–H groups in total. The highest BCUT2D eigenvalue weighted by atomic mass is 32.1. The van der Waals surface area contributed by atoms with Crippen LogP contribution in [0.15, 0.2) is 42.5 Å². The Balaban J connectivity index is 2.08. The molecule has 0 aliphatic rings. The van der Waals surface area contributed by atoms with Gasteiger partial charge in [-0.3, -0.25) is 4.79 Å². The van der Waals surface area contributed by atoms with Crippen molar-refractivity contribution >= 4 is 39.0 Å². The molecule has 152 valence electrons. The van der Waals surface area contributed by atoms with E-state index in [1.165, 1.54) is 11.3 Å². The second kappa shape index (κ2) is 9.09. The SMILES string of the molecule is CCOC(=O)c1sc2cc(CC)c(NC(=O)c3ccccc3)cc2c1OC(C)C. The van der Waals surface area contributed by atoms with E-state index >= 15 is 0 Å². The fourth-order valence-corrected chi connectivity index (χ4v) is 4.11. The lowest BCUT2D eigenvalue weighted by atomic mass is 10.1. The minimum Gasteiger partial charge on any atom is -0.489 e. The third-order valence-electron chi connectivity index (χ3n) is 4.35. The molecule has 3 aromatic rings. The minimum absolute atomic E-state index is 0.103. The molecule has 5 nitrogen and oxygen atoms in total. The molecule has 6 heteroatoms. The summed E-state index contributed by atoms with van der Waals surface area (Å²) in [5, 5.41) is 3.81. The van der Waals surface area contributed by atoms with E-state index in [1.54, 1.807) is 19.1 Å². The number of rotatable bonds is 7. The summed E-state index contributed by atoms with van der Waals surface area (Å²) in [7, 11) is 0. The summed E-state index contributed by atoms with van der Waals surface area (Å²) in [5.41, 5.74) is 2.30. The molecule has 0 aliphatic carbocycles. The number of hydrogen-bond acceptors (Lipinski definition) is 5. The van der Waals surface area contributed by atoms with Crippen molar-refractivity contribution in [2.75, 3.05) is 11.9 Å². The van der Waals surface area contributed by atoms with Crippen LogP contribution in [0.25, 0.3) is 10.1 Å². The maximum atomic E-state index is 12.7. The number of carbonyl (C=O) groups excluding carboxylic acids is 2. The lowest BCUT2D eigenvalue weighted by Gasteiger charge is -2.13. The van der Waals surface area contributed by atoms with Crippen LogP contribution < -0.4 is 10.1 Å². The molecule has 0 unspecified atom stereocenters. The summed E-state index contributed by atoms with van der Waals surface area (Å²) in [4.78, 5) is 25.6. The van der Waals surface area contributed by atoms with Crippen LogP contribution in [-0.4, -0.2) is 24.6 Å². The average Bonchev–Trinajstić information content (AvgIpc) is 3.05. The fraction of sp³-hybridized carbons (Fsp3) is 0.304. The third kappa shape index (κ3) is 4.59. The van der Waals surface area contributed by atoms with E-state index in [0.717, 1.165) is 27.8 Å². The zero-order valence-corrected chi connectivity index (χ0v) is 17.9. The quantitative estimate of drug-likeness (QED) is 0.508. The van der Waals surface area contributed by atoms with E-state index in [0.29, 0.717) is 22.8 Å². The first-order valence-corrected chi connectivity index (χ1v) is 10.6. The van der Waals surface area contributed by atoms with Crippen molar-refractivity contribution in [3.05, 3.63) is 58.5 Å². The Morgan fingerprint density at radius 2 is 1.83 bits per heavy atom. The molecule has 0 fully saturated rings. The lowest BCUT2D eigenvalue weighted by Crippen LogP contribution is -2.13. The van der Waals surface area contributed by atoms with Crippen molar-refractivity contribution in [1.29, 1.82) is 0 Å². The van der Waals surface area contributed by atoms with Crippen LogP contribution in [0.4, 0.5) is 5.69 Å². The van der Waals surface area contributed by atoms with Gasteiger partial charge in [0.25, 0.3) is 5.91 Å². The smallest absolute Gasteiger partial charge is 0.352 e. The molecule has 0 radical (unpaired) electrons. The van der Waals surface area contributed by atoms with Crippen molar-refractivity contribution in [3.63, 3.8) is 0 Å². The van der Waals surface area contributed by atoms with Crippen LogP contribution >= 0.6 is 11.3 Å². The second-order valence-corrected chi connectivity index (χ2v) is 7.88. The van der Waals surface area contributed by atoms with Gasteiger partial charge in [0.1, 0.15) is 0 Å². The Morgan fingerprint density at radius 3 is 2.45 bits per heavy atom. The van der Waals surface area contributed by atoms with E-state index < -0.39 is 5.97 Å². The van der Waals surface area contributed by atoms with Gasteiger partial charge < -0.3 is 14.8 Å². The third-order valence-corrected chi connectivity index (χ3v) is 5.46. The number of anilines is 1. The first kappa shape index (κ1) is 20.9. The van der Waals surface area contributed by atoms with Gasteiger partial charge in [0, 0.05) is 21.3 Å². The van der Waals surface area contributed by atoms with Crippen LogP contribution in [0.2, 0.25) is 0 Å². The van der Waals surface area contributed by atoms with Crippen molar-refractivity contribution in [2.45, 2.75) is 40.2 Å². The van der Waals surface area contributed by atoms with Gasteiger partial charge in [-0.05, 0) is 57.0 Å². The monoisotopic (exact) mass is 411 g/mol. The second-order valence-electron chi connectivity index (χ2n) is 6.83. The maximum Gasteiger partial charge on any atom is 0.352 e. The van der Waals surface area contributed by atoms with Gasteiger partial charge >= 0.3 is 5.97 Å². The van der Waals surface area contributed by atoms with E-state index in [1.807, 2.05) is 51.1 Å². The molecule has 1 amide bonds. The summed E-state index contributed by atoms with van der Waals surface area (Å²) < 4.78 is 12.1. The predicted octanol–water partition coefficient (Wildman–Crippen LogP) is 5.68. The molecular weight excluding hydrogens is 386 g/mol. The van der Waals surface area contributed by atoms with Crippen molar-refractivity contribution in [3.8, 4) is 5.75 Å². The topological polar surface area (TPSA) is 64.6 Å². The molecule has 0 saturated heterocycles. The summed E-state index contributed by atoms with van der Waals surface area (Å²) >= 11 is 1.36. The molecule has 0 aliphatic heterocycles. The van der Waals surface area contributed by atoms with Gasteiger partial charge in [-0.25, -0.2) is 4.79 Å². The zero-order valence-electron chi connectivity index (χ0n) is 17.1. The zero-order chi connectivity index (χ0) is 21.0. The van der Waals surface area contributed by atoms with Crippen molar-refractivity contribution < 1.29 is 19.1 Å². The first-order valence-electron chi connectivity index (χ1n) is 9.74. The number of esters is 1. The highest BCUT2D eigenvalue weighted by molar-refractivity contribution is 7.21. The minimum atomic E-state index is -0.391. The first-order chi connectivity index (χ1) is 13.9. The molecular formula is C23H25NO4S.